The molecule has 154 valence electrons. The number of carbonyl (C=O) groups is 3. The standard InChI is InChI=1S/C22H21N3O5/c1-29-20(26)18-12-13-19(30-18)25(21(27)23-14-16-8-4-2-5-9-16)22(28)24-15-17-10-6-3-7-11-17/h2-13H,14-15H2,1H3,(H,23,27)(H,24,28). The van der Waals surface area contributed by atoms with E-state index in [1.165, 1.54) is 19.2 Å². The minimum Gasteiger partial charge on any atom is -0.463 e. The third kappa shape index (κ3) is 5.26. The van der Waals surface area contributed by atoms with Crippen molar-refractivity contribution in [1.82, 2.24) is 10.6 Å². The van der Waals surface area contributed by atoms with Crippen molar-refractivity contribution in [3.05, 3.63) is 89.7 Å². The Hall–Kier alpha value is -4.07. The minimum atomic E-state index is -0.712. The Bertz CT molecular complexity index is 946. The Balaban J connectivity index is 1.76. The molecular formula is C22H21N3O5. The van der Waals surface area contributed by atoms with Crippen molar-refractivity contribution in [2.45, 2.75) is 13.1 Å². The van der Waals surface area contributed by atoms with Gasteiger partial charge in [-0.2, -0.15) is 4.90 Å². The molecule has 0 bridgehead atoms. The van der Waals surface area contributed by atoms with Crippen LogP contribution in [-0.2, 0) is 17.8 Å². The zero-order chi connectivity index (χ0) is 21.3. The van der Waals surface area contributed by atoms with Crippen molar-refractivity contribution >= 4 is 23.9 Å². The molecule has 30 heavy (non-hydrogen) atoms. The number of rotatable bonds is 6. The SMILES string of the molecule is COC(=O)c1ccc(N(C(=O)NCc2ccccc2)C(=O)NCc2ccccc2)o1. The molecule has 0 radical (unpaired) electrons. The quantitative estimate of drug-likeness (QED) is 0.607. The number of ether oxygens (including phenoxy) is 1. The van der Waals surface area contributed by atoms with Crippen LogP contribution >= 0.6 is 0 Å². The first kappa shape index (κ1) is 20.7. The number of anilines is 1. The zero-order valence-corrected chi connectivity index (χ0v) is 16.3. The lowest BCUT2D eigenvalue weighted by Crippen LogP contribution is -2.48. The van der Waals surface area contributed by atoms with Gasteiger partial charge in [0.15, 0.2) is 0 Å². The molecule has 3 aromatic rings. The van der Waals surface area contributed by atoms with Crippen molar-refractivity contribution in [3.8, 4) is 0 Å². The molecule has 0 spiro atoms. The second-order valence-corrected chi connectivity index (χ2v) is 6.25. The topological polar surface area (TPSA) is 101 Å². The third-order valence-electron chi connectivity index (χ3n) is 4.18. The lowest BCUT2D eigenvalue weighted by atomic mass is 10.2. The van der Waals surface area contributed by atoms with Crippen LogP contribution in [0, 0.1) is 0 Å². The molecule has 0 unspecified atom stereocenters. The lowest BCUT2D eigenvalue weighted by molar-refractivity contribution is 0.0565. The van der Waals surface area contributed by atoms with E-state index in [-0.39, 0.29) is 24.7 Å². The van der Waals surface area contributed by atoms with Gasteiger partial charge in [0.1, 0.15) is 0 Å². The number of nitrogens with zero attached hydrogens (tertiary/aromatic N) is 1. The van der Waals surface area contributed by atoms with E-state index in [1.54, 1.807) is 0 Å². The molecule has 0 aliphatic carbocycles. The van der Waals surface area contributed by atoms with Gasteiger partial charge in [0.05, 0.1) is 7.11 Å². The number of benzene rings is 2. The van der Waals surface area contributed by atoms with E-state index in [0.717, 1.165) is 16.0 Å². The molecule has 0 atom stereocenters. The Morgan fingerprint density at radius 1 is 0.800 bits per heavy atom. The number of methoxy groups -OCH3 is 1. The Morgan fingerprint density at radius 3 is 1.77 bits per heavy atom. The number of imide groups is 1. The third-order valence-corrected chi connectivity index (χ3v) is 4.18. The van der Waals surface area contributed by atoms with Gasteiger partial charge in [0.2, 0.25) is 11.6 Å². The van der Waals surface area contributed by atoms with E-state index in [9.17, 15) is 14.4 Å². The average molecular weight is 407 g/mol. The summed E-state index contributed by atoms with van der Waals surface area (Å²) < 4.78 is 9.98. The van der Waals surface area contributed by atoms with Gasteiger partial charge in [-0.05, 0) is 17.2 Å². The fraction of sp³-hybridized carbons (Fsp3) is 0.136. The fourth-order valence-electron chi connectivity index (χ4n) is 2.66. The van der Waals surface area contributed by atoms with Gasteiger partial charge in [-0.25, -0.2) is 14.4 Å². The van der Waals surface area contributed by atoms with E-state index in [2.05, 4.69) is 15.4 Å². The maximum absolute atomic E-state index is 12.8. The van der Waals surface area contributed by atoms with Gasteiger partial charge in [0.25, 0.3) is 0 Å². The number of furan rings is 1. The summed E-state index contributed by atoms with van der Waals surface area (Å²) >= 11 is 0. The van der Waals surface area contributed by atoms with Crippen LogP contribution in [0.15, 0.2) is 77.2 Å². The highest BCUT2D eigenvalue weighted by molar-refractivity contribution is 6.12. The molecular weight excluding hydrogens is 386 g/mol. The Kier molecular flexibility index (Phi) is 6.83. The second kappa shape index (κ2) is 9.92. The lowest BCUT2D eigenvalue weighted by Gasteiger charge is -2.19. The highest BCUT2D eigenvalue weighted by atomic mass is 16.5. The maximum atomic E-state index is 12.8. The summed E-state index contributed by atoms with van der Waals surface area (Å²) in [6.45, 7) is 0.430. The van der Waals surface area contributed by atoms with Gasteiger partial charge >= 0.3 is 18.0 Å². The molecule has 8 nitrogen and oxygen atoms in total. The van der Waals surface area contributed by atoms with E-state index in [4.69, 9.17) is 4.42 Å². The minimum absolute atomic E-state index is 0.105. The molecule has 8 heteroatoms. The number of hydrogen-bond donors (Lipinski definition) is 2. The fourth-order valence-corrected chi connectivity index (χ4v) is 2.66. The van der Waals surface area contributed by atoms with Crippen LogP contribution in [0.3, 0.4) is 0 Å². The molecule has 1 heterocycles. The average Bonchev–Trinajstić information content (AvgIpc) is 3.27. The van der Waals surface area contributed by atoms with Crippen molar-refractivity contribution in [2.24, 2.45) is 0 Å². The number of urea groups is 2. The summed E-state index contributed by atoms with van der Waals surface area (Å²) in [7, 11) is 1.21. The molecule has 2 aromatic carbocycles. The largest absolute Gasteiger partial charge is 0.463 e. The summed E-state index contributed by atoms with van der Waals surface area (Å²) in [6.07, 6.45) is 0. The van der Waals surface area contributed by atoms with Crippen LogP contribution in [0.25, 0.3) is 0 Å². The molecule has 3 rings (SSSR count). The number of nitrogens with one attached hydrogen (secondary N) is 2. The summed E-state index contributed by atoms with van der Waals surface area (Å²) in [6, 6.07) is 19.8. The molecule has 0 fully saturated rings. The number of esters is 1. The van der Waals surface area contributed by atoms with Crippen molar-refractivity contribution in [2.75, 3.05) is 12.0 Å². The molecule has 0 aliphatic heterocycles. The van der Waals surface area contributed by atoms with Gasteiger partial charge in [-0.3, -0.25) is 0 Å². The van der Waals surface area contributed by atoms with Gasteiger partial charge in [0, 0.05) is 19.2 Å². The van der Waals surface area contributed by atoms with Crippen LogP contribution in [0.2, 0.25) is 0 Å². The van der Waals surface area contributed by atoms with Crippen LogP contribution < -0.4 is 15.5 Å². The number of amides is 4. The van der Waals surface area contributed by atoms with E-state index in [0.29, 0.717) is 0 Å². The second-order valence-electron chi connectivity index (χ2n) is 6.25. The predicted molar refractivity (Wildman–Crippen MR) is 110 cm³/mol. The summed E-state index contributed by atoms with van der Waals surface area (Å²) in [4.78, 5) is 38.1. The molecule has 4 amide bonds. The van der Waals surface area contributed by atoms with Crippen LogP contribution in [-0.4, -0.2) is 25.1 Å². The number of carbonyl (C=O) groups excluding carboxylic acids is 3. The van der Waals surface area contributed by atoms with Gasteiger partial charge in [-0.1, -0.05) is 60.7 Å². The highest BCUT2D eigenvalue weighted by Gasteiger charge is 2.27. The Morgan fingerprint density at radius 2 is 1.30 bits per heavy atom. The molecule has 0 aliphatic rings. The normalized spacial score (nSPS) is 10.2. The molecule has 1 aromatic heterocycles. The van der Waals surface area contributed by atoms with Crippen LogP contribution in [0.4, 0.5) is 15.5 Å². The van der Waals surface area contributed by atoms with Crippen molar-refractivity contribution in [1.29, 1.82) is 0 Å². The van der Waals surface area contributed by atoms with E-state index in [1.807, 2.05) is 60.7 Å². The van der Waals surface area contributed by atoms with E-state index >= 15 is 0 Å². The predicted octanol–water partition coefficient (Wildman–Crippen LogP) is 3.69. The smallest absolute Gasteiger partial charge is 0.374 e. The van der Waals surface area contributed by atoms with Gasteiger partial charge < -0.3 is 19.8 Å². The van der Waals surface area contributed by atoms with Crippen molar-refractivity contribution in [3.63, 3.8) is 0 Å². The molecule has 0 saturated heterocycles. The van der Waals surface area contributed by atoms with Gasteiger partial charge in [-0.15, -0.1) is 0 Å². The monoisotopic (exact) mass is 407 g/mol. The Labute approximate surface area is 173 Å². The molecule has 2 N–H and O–H groups in total. The first-order valence-electron chi connectivity index (χ1n) is 9.20. The summed E-state index contributed by atoms with van der Waals surface area (Å²) in [5.41, 5.74) is 1.73. The number of hydrogen-bond acceptors (Lipinski definition) is 5. The van der Waals surface area contributed by atoms with Crippen molar-refractivity contribution < 1.29 is 23.5 Å². The first-order chi connectivity index (χ1) is 14.6. The summed E-state index contributed by atoms with van der Waals surface area (Å²) in [5.74, 6) is -0.939. The van der Waals surface area contributed by atoms with Crippen LogP contribution in [0.1, 0.15) is 21.7 Å². The van der Waals surface area contributed by atoms with E-state index < -0.39 is 18.0 Å². The zero-order valence-electron chi connectivity index (χ0n) is 16.3. The maximum Gasteiger partial charge on any atom is 0.374 e. The first-order valence-corrected chi connectivity index (χ1v) is 9.20. The molecule has 0 saturated carbocycles. The van der Waals surface area contributed by atoms with Crippen LogP contribution in [0.5, 0.6) is 0 Å². The summed E-state index contributed by atoms with van der Waals surface area (Å²) in [5, 5.41) is 5.36. The highest BCUT2D eigenvalue weighted by Crippen LogP contribution is 2.20.